The number of hydrogen-bond acceptors (Lipinski definition) is 5. The van der Waals surface area contributed by atoms with Crippen LogP contribution in [0.2, 0.25) is 5.02 Å². The molecule has 2 saturated heterocycles. The quantitative estimate of drug-likeness (QED) is 0.411. The second kappa shape index (κ2) is 7.61. The van der Waals surface area contributed by atoms with Gasteiger partial charge in [0.1, 0.15) is 5.65 Å². The van der Waals surface area contributed by atoms with Gasteiger partial charge in [-0.1, -0.05) is 23.4 Å². The van der Waals surface area contributed by atoms with Crippen LogP contribution in [0.1, 0.15) is 19.3 Å². The summed E-state index contributed by atoms with van der Waals surface area (Å²) >= 11 is 7.65. The zero-order valence-electron chi connectivity index (χ0n) is 14.9. The van der Waals surface area contributed by atoms with E-state index in [4.69, 9.17) is 27.8 Å². The largest absolute Gasteiger partial charge is 0.392 e. The number of aliphatic imine (C=N–C) groups is 1. The summed E-state index contributed by atoms with van der Waals surface area (Å²) in [6.07, 6.45) is 8.38. The van der Waals surface area contributed by atoms with Crippen molar-refractivity contribution in [1.29, 1.82) is 0 Å². The molecule has 1 spiro atoms. The topological polar surface area (TPSA) is 106 Å². The summed E-state index contributed by atoms with van der Waals surface area (Å²) in [4.78, 5) is 14.7. The zero-order valence-corrected chi connectivity index (χ0v) is 16.5. The molecule has 0 saturated carbocycles. The standard InChI is InChI=1S/C18H23ClN6OS/c19-13-9-23-16-12(1-5-22-16)15(13)27-14(20)10-24-17(21)25-6-2-18(3-7-25)4-8-26-11-18/h1,5,9-10H,2-4,6-8,11,20H2,(H2,21,24)(H,22,23)/b14-10+. The maximum atomic E-state index is 6.29. The summed E-state index contributed by atoms with van der Waals surface area (Å²) in [5.74, 6) is 0.500. The van der Waals surface area contributed by atoms with E-state index in [0.717, 1.165) is 61.5 Å². The van der Waals surface area contributed by atoms with E-state index in [1.165, 1.54) is 11.8 Å². The normalized spacial score (nSPS) is 20.7. The van der Waals surface area contributed by atoms with Crippen LogP contribution in [0.15, 0.2) is 39.6 Å². The van der Waals surface area contributed by atoms with Crippen molar-refractivity contribution in [3.8, 4) is 0 Å². The highest BCUT2D eigenvalue weighted by Crippen LogP contribution is 2.39. The van der Waals surface area contributed by atoms with Gasteiger partial charge < -0.3 is 26.1 Å². The number of pyridine rings is 1. The van der Waals surface area contributed by atoms with Crippen LogP contribution in [0, 0.1) is 5.41 Å². The Labute approximate surface area is 167 Å². The fourth-order valence-electron chi connectivity index (χ4n) is 3.67. The summed E-state index contributed by atoms with van der Waals surface area (Å²) in [5, 5.41) is 2.01. The molecule has 2 aliphatic rings. The van der Waals surface area contributed by atoms with Gasteiger partial charge in [0.2, 0.25) is 0 Å². The van der Waals surface area contributed by atoms with Crippen molar-refractivity contribution in [2.45, 2.75) is 24.2 Å². The fourth-order valence-corrected chi connectivity index (χ4v) is 4.70. The minimum Gasteiger partial charge on any atom is -0.392 e. The molecule has 2 aliphatic heterocycles. The monoisotopic (exact) mass is 406 g/mol. The Balaban J connectivity index is 1.42. The molecule has 0 aromatic carbocycles. The van der Waals surface area contributed by atoms with Crippen LogP contribution < -0.4 is 11.5 Å². The second-order valence-corrected chi connectivity index (χ2v) is 8.58. The van der Waals surface area contributed by atoms with Crippen LogP contribution in [0.5, 0.6) is 0 Å². The van der Waals surface area contributed by atoms with Crippen LogP contribution in [-0.4, -0.2) is 47.1 Å². The minimum absolute atomic E-state index is 0.349. The molecule has 4 heterocycles. The number of nitrogens with zero attached hydrogens (tertiary/aromatic N) is 3. The van der Waals surface area contributed by atoms with Crippen molar-refractivity contribution in [2.75, 3.05) is 26.3 Å². The van der Waals surface area contributed by atoms with E-state index >= 15 is 0 Å². The minimum atomic E-state index is 0.349. The number of ether oxygens (including phenoxy) is 1. The van der Waals surface area contributed by atoms with Crippen molar-refractivity contribution in [1.82, 2.24) is 14.9 Å². The van der Waals surface area contributed by atoms with Gasteiger partial charge >= 0.3 is 0 Å². The molecule has 0 unspecified atom stereocenters. The van der Waals surface area contributed by atoms with E-state index in [-0.39, 0.29) is 0 Å². The van der Waals surface area contributed by atoms with Crippen LogP contribution in [0.3, 0.4) is 0 Å². The molecular formula is C18H23ClN6OS. The van der Waals surface area contributed by atoms with Crippen LogP contribution >= 0.6 is 23.4 Å². The molecule has 9 heteroatoms. The molecule has 2 fully saturated rings. The molecule has 144 valence electrons. The molecule has 4 rings (SSSR count). The Bertz CT molecular complexity index is 879. The van der Waals surface area contributed by atoms with E-state index in [2.05, 4.69) is 19.9 Å². The van der Waals surface area contributed by atoms with Crippen LogP contribution in [0.25, 0.3) is 11.0 Å². The lowest BCUT2D eigenvalue weighted by molar-refractivity contribution is 0.105. The first-order chi connectivity index (χ1) is 13.1. The van der Waals surface area contributed by atoms with E-state index in [1.807, 2.05) is 12.3 Å². The van der Waals surface area contributed by atoms with Gasteiger partial charge in [-0.15, -0.1) is 0 Å². The summed E-state index contributed by atoms with van der Waals surface area (Å²) < 4.78 is 5.58. The van der Waals surface area contributed by atoms with Gasteiger partial charge in [0.05, 0.1) is 22.9 Å². The fraction of sp³-hybridized carbons (Fsp3) is 0.444. The van der Waals surface area contributed by atoms with E-state index in [0.29, 0.717) is 21.4 Å². The third-order valence-electron chi connectivity index (χ3n) is 5.37. The maximum Gasteiger partial charge on any atom is 0.195 e. The molecule has 7 nitrogen and oxygen atoms in total. The number of aromatic amines is 1. The number of fused-ring (bicyclic) bond motifs is 1. The van der Waals surface area contributed by atoms with Crippen LogP contribution in [-0.2, 0) is 4.74 Å². The lowest BCUT2D eigenvalue weighted by atomic mass is 9.78. The molecule has 27 heavy (non-hydrogen) atoms. The Morgan fingerprint density at radius 3 is 2.93 bits per heavy atom. The molecular weight excluding hydrogens is 384 g/mol. The Kier molecular flexibility index (Phi) is 5.21. The van der Waals surface area contributed by atoms with Crippen molar-refractivity contribution < 1.29 is 4.74 Å². The molecule has 2 aromatic rings. The van der Waals surface area contributed by atoms with Crippen molar-refractivity contribution in [2.24, 2.45) is 21.9 Å². The zero-order chi connectivity index (χ0) is 18.9. The molecule has 5 N–H and O–H groups in total. The van der Waals surface area contributed by atoms with E-state index in [1.54, 1.807) is 12.4 Å². The summed E-state index contributed by atoms with van der Waals surface area (Å²) in [6.45, 7) is 3.56. The number of H-pyrrole nitrogens is 1. The third kappa shape index (κ3) is 3.88. The lowest BCUT2D eigenvalue weighted by Gasteiger charge is -2.38. The first-order valence-electron chi connectivity index (χ1n) is 8.97. The Morgan fingerprint density at radius 1 is 1.37 bits per heavy atom. The highest BCUT2D eigenvalue weighted by Gasteiger charge is 2.38. The summed E-state index contributed by atoms with van der Waals surface area (Å²) in [7, 11) is 0. The van der Waals surface area contributed by atoms with E-state index in [9.17, 15) is 0 Å². The second-order valence-electron chi connectivity index (χ2n) is 7.09. The van der Waals surface area contributed by atoms with Gasteiger partial charge in [-0.05, 0) is 30.7 Å². The molecule has 0 bridgehead atoms. The number of nitrogens with two attached hydrogens (primary N) is 2. The van der Waals surface area contributed by atoms with Gasteiger partial charge in [-0.3, -0.25) is 0 Å². The molecule has 0 radical (unpaired) electrons. The summed E-state index contributed by atoms with van der Waals surface area (Å²) in [6, 6.07) is 1.93. The predicted molar refractivity (Wildman–Crippen MR) is 110 cm³/mol. The number of likely N-dealkylation sites (tertiary alicyclic amines) is 1. The first kappa shape index (κ1) is 18.5. The number of rotatable bonds is 3. The average molecular weight is 407 g/mol. The number of halogens is 1. The number of thioether (sulfide) groups is 1. The first-order valence-corrected chi connectivity index (χ1v) is 10.2. The third-order valence-corrected chi connectivity index (χ3v) is 6.75. The van der Waals surface area contributed by atoms with Gasteiger partial charge in [-0.2, -0.15) is 0 Å². The molecule has 0 atom stereocenters. The van der Waals surface area contributed by atoms with Crippen molar-refractivity contribution in [3.63, 3.8) is 0 Å². The number of piperidine rings is 1. The maximum absolute atomic E-state index is 6.29. The van der Waals surface area contributed by atoms with Gasteiger partial charge in [0.25, 0.3) is 0 Å². The Hall–Kier alpha value is -1.90. The predicted octanol–water partition coefficient (Wildman–Crippen LogP) is 2.88. The van der Waals surface area contributed by atoms with E-state index < -0.39 is 0 Å². The van der Waals surface area contributed by atoms with Crippen molar-refractivity contribution >= 4 is 40.4 Å². The number of hydrogen-bond donors (Lipinski definition) is 3. The van der Waals surface area contributed by atoms with Gasteiger partial charge in [0.15, 0.2) is 5.96 Å². The van der Waals surface area contributed by atoms with Crippen LogP contribution in [0.4, 0.5) is 0 Å². The van der Waals surface area contributed by atoms with Crippen molar-refractivity contribution in [3.05, 3.63) is 34.7 Å². The van der Waals surface area contributed by atoms with Gasteiger partial charge in [0, 0.05) is 42.4 Å². The lowest BCUT2D eigenvalue weighted by Crippen LogP contribution is -2.46. The number of nitrogens with one attached hydrogen (secondary N) is 1. The molecule has 0 amide bonds. The molecule has 0 aliphatic carbocycles. The Morgan fingerprint density at radius 2 is 2.19 bits per heavy atom. The smallest absolute Gasteiger partial charge is 0.195 e. The highest BCUT2D eigenvalue weighted by molar-refractivity contribution is 8.03. The highest BCUT2D eigenvalue weighted by atomic mass is 35.5. The van der Waals surface area contributed by atoms with Gasteiger partial charge in [-0.25, -0.2) is 9.98 Å². The summed E-state index contributed by atoms with van der Waals surface area (Å²) in [5.41, 5.74) is 13.4. The number of guanidine groups is 1. The molecule has 2 aromatic heterocycles. The average Bonchev–Trinajstić information content (AvgIpc) is 3.32. The SMILES string of the molecule is NC(=N/C=C(\N)Sc1c(Cl)cnc2[nH]ccc12)N1CCC2(CCOC2)CC1. The number of aromatic nitrogens is 2.